The number of anilines is 3. The summed E-state index contributed by atoms with van der Waals surface area (Å²) in [5.41, 5.74) is 0.636. The van der Waals surface area contributed by atoms with Crippen LogP contribution >= 0.6 is 12.4 Å². The van der Waals surface area contributed by atoms with Crippen LogP contribution < -0.4 is 20.3 Å². The van der Waals surface area contributed by atoms with Crippen molar-refractivity contribution < 1.29 is 9.84 Å². The van der Waals surface area contributed by atoms with E-state index in [2.05, 4.69) is 42.7 Å². The van der Waals surface area contributed by atoms with Gasteiger partial charge in [0.25, 0.3) is 0 Å². The number of aromatic nitrogens is 4. The first kappa shape index (κ1) is 20.6. The van der Waals surface area contributed by atoms with Crippen molar-refractivity contribution in [3.63, 3.8) is 0 Å². The number of fused-ring (bicyclic) bond motifs is 2. The molecule has 2 aromatic heterocycles. The van der Waals surface area contributed by atoms with Crippen LogP contribution in [-0.4, -0.2) is 57.6 Å². The molecule has 154 valence electrons. The highest BCUT2D eigenvalue weighted by Crippen LogP contribution is 2.30. The van der Waals surface area contributed by atoms with E-state index in [-0.39, 0.29) is 19.0 Å². The summed E-state index contributed by atoms with van der Waals surface area (Å²) in [5.74, 6) is 2.33. The molecule has 0 aromatic carbocycles. The number of nitrogens with zero attached hydrogens (tertiary/aromatic N) is 4. The predicted octanol–water partition coefficient (Wildman–Crippen LogP) is 1.98. The Morgan fingerprint density at radius 3 is 2.61 bits per heavy atom. The first-order valence-corrected chi connectivity index (χ1v) is 9.48. The van der Waals surface area contributed by atoms with Crippen LogP contribution in [0.1, 0.15) is 37.8 Å². The third kappa shape index (κ3) is 4.48. The fraction of sp³-hybridized carbons (Fsp3) is 0.611. The molecule has 4 rings (SSSR count). The van der Waals surface area contributed by atoms with Gasteiger partial charge in [0.2, 0.25) is 11.8 Å². The number of rotatable bonds is 6. The molecule has 0 unspecified atom stereocenters. The van der Waals surface area contributed by atoms with Gasteiger partial charge < -0.3 is 25.4 Å². The van der Waals surface area contributed by atoms with Gasteiger partial charge in [-0.2, -0.15) is 15.1 Å². The number of methoxy groups -OCH3 is 1. The van der Waals surface area contributed by atoms with Gasteiger partial charge in [0.15, 0.2) is 5.82 Å². The summed E-state index contributed by atoms with van der Waals surface area (Å²) in [6.45, 7) is -0.0895. The number of aromatic amines is 1. The zero-order valence-electron chi connectivity index (χ0n) is 16.2. The maximum absolute atomic E-state index is 9.17. The monoisotopic (exact) mass is 409 g/mol. The number of aliphatic hydroxyl groups is 1. The molecule has 2 aromatic rings. The Bertz CT molecular complexity index is 775. The van der Waals surface area contributed by atoms with E-state index in [1.807, 2.05) is 0 Å². The quantitative estimate of drug-likeness (QED) is 0.573. The lowest BCUT2D eigenvalue weighted by atomic mass is 9.83. The zero-order valence-corrected chi connectivity index (χ0v) is 17.0. The maximum Gasteiger partial charge on any atom is 0.230 e. The van der Waals surface area contributed by atoms with Gasteiger partial charge in [-0.25, -0.2) is 0 Å². The smallest absolute Gasteiger partial charge is 0.230 e. The molecule has 0 spiro atoms. The van der Waals surface area contributed by atoms with Crippen molar-refractivity contribution in [3.8, 4) is 5.88 Å². The third-order valence-corrected chi connectivity index (χ3v) is 5.51. The van der Waals surface area contributed by atoms with Crippen LogP contribution in [0.4, 0.5) is 17.6 Å². The van der Waals surface area contributed by atoms with Crippen molar-refractivity contribution in [2.45, 2.75) is 56.8 Å². The van der Waals surface area contributed by atoms with Gasteiger partial charge in [-0.3, -0.25) is 5.10 Å². The number of halogens is 1. The fourth-order valence-corrected chi connectivity index (χ4v) is 4.09. The molecule has 9 nitrogen and oxygen atoms in total. The second-order valence-corrected chi connectivity index (χ2v) is 7.38. The lowest BCUT2D eigenvalue weighted by Crippen LogP contribution is -2.54. The van der Waals surface area contributed by atoms with Crippen LogP contribution in [0.2, 0.25) is 0 Å². The Kier molecular flexibility index (Phi) is 6.58. The number of nitrogens with one attached hydrogen (secondary N) is 3. The zero-order chi connectivity index (χ0) is 18.8. The number of hydrogen-bond acceptors (Lipinski definition) is 8. The van der Waals surface area contributed by atoms with Gasteiger partial charge >= 0.3 is 0 Å². The van der Waals surface area contributed by atoms with Gasteiger partial charge in [0.05, 0.1) is 19.4 Å². The standard InChI is InChI=1S/C18H27N7O2.ClH/c1-25(14-6-11-4-3-5-12(7-14)19-11)18-21-15(9-17(22-18)27-2)20-16-8-13(10-26)23-24-16;/h8-9,11-12,14,19,26H,3-7,10H2,1-2H3,(H2,20,21,22,23,24);1H/t11-,12+,14+;. The molecule has 3 atom stereocenters. The lowest BCUT2D eigenvalue weighted by molar-refractivity contribution is 0.218. The van der Waals surface area contributed by atoms with Gasteiger partial charge in [0.1, 0.15) is 5.82 Å². The third-order valence-electron chi connectivity index (χ3n) is 5.51. The molecule has 2 bridgehead atoms. The number of ether oxygens (including phenoxy) is 1. The number of piperidine rings is 2. The molecule has 0 saturated carbocycles. The van der Waals surface area contributed by atoms with Crippen molar-refractivity contribution in [1.82, 2.24) is 25.5 Å². The second kappa shape index (κ2) is 8.93. The Hall–Kier alpha value is -2.10. The van der Waals surface area contributed by atoms with Crippen molar-refractivity contribution in [2.24, 2.45) is 0 Å². The van der Waals surface area contributed by atoms with Crippen molar-refractivity contribution in [2.75, 3.05) is 24.4 Å². The van der Waals surface area contributed by atoms with E-state index < -0.39 is 0 Å². The Labute approximate surface area is 170 Å². The molecule has 0 aliphatic carbocycles. The van der Waals surface area contributed by atoms with Gasteiger partial charge in [-0.15, -0.1) is 12.4 Å². The molecule has 4 N–H and O–H groups in total. The maximum atomic E-state index is 9.17. The van der Waals surface area contributed by atoms with E-state index in [4.69, 9.17) is 4.74 Å². The molecule has 2 fully saturated rings. The van der Waals surface area contributed by atoms with Gasteiger partial charge in [-0.1, -0.05) is 6.42 Å². The van der Waals surface area contributed by atoms with E-state index in [0.29, 0.717) is 47.3 Å². The van der Waals surface area contributed by atoms with E-state index in [1.165, 1.54) is 19.3 Å². The largest absolute Gasteiger partial charge is 0.481 e. The normalized spacial score (nSPS) is 23.6. The molecule has 0 radical (unpaired) electrons. The molecule has 0 amide bonds. The second-order valence-electron chi connectivity index (χ2n) is 7.38. The minimum atomic E-state index is -0.0895. The highest BCUT2D eigenvalue weighted by atomic mass is 35.5. The summed E-state index contributed by atoms with van der Waals surface area (Å²) >= 11 is 0. The number of aliphatic hydroxyl groups excluding tert-OH is 1. The van der Waals surface area contributed by atoms with Crippen LogP contribution in [0.5, 0.6) is 5.88 Å². The van der Waals surface area contributed by atoms with Crippen molar-refractivity contribution in [3.05, 3.63) is 17.8 Å². The highest BCUT2D eigenvalue weighted by Gasteiger charge is 2.34. The number of H-pyrrole nitrogens is 1. The lowest BCUT2D eigenvalue weighted by Gasteiger charge is -2.43. The van der Waals surface area contributed by atoms with Crippen LogP contribution in [0.3, 0.4) is 0 Å². The average Bonchev–Trinajstić information content (AvgIpc) is 3.14. The Morgan fingerprint density at radius 1 is 1.21 bits per heavy atom. The first-order chi connectivity index (χ1) is 13.1. The average molecular weight is 410 g/mol. The summed E-state index contributed by atoms with van der Waals surface area (Å²) < 4.78 is 5.37. The van der Waals surface area contributed by atoms with Gasteiger partial charge in [-0.05, 0) is 25.7 Å². The summed E-state index contributed by atoms with van der Waals surface area (Å²) in [6.07, 6.45) is 6.03. The summed E-state index contributed by atoms with van der Waals surface area (Å²) in [6, 6.07) is 5.07. The summed E-state index contributed by atoms with van der Waals surface area (Å²) in [7, 11) is 3.66. The molecule has 10 heteroatoms. The Morgan fingerprint density at radius 2 is 1.96 bits per heavy atom. The van der Waals surface area contributed by atoms with Crippen LogP contribution in [0, 0.1) is 0 Å². The SMILES string of the molecule is COc1cc(Nc2cc(CO)[nH]n2)nc(N(C)[C@H]2C[C@H]3CCC[C@@H](C2)N3)n1.Cl. The molecular weight excluding hydrogens is 382 g/mol. The Balaban J connectivity index is 0.00000225. The summed E-state index contributed by atoms with van der Waals surface area (Å²) in [4.78, 5) is 11.4. The predicted molar refractivity (Wildman–Crippen MR) is 110 cm³/mol. The van der Waals surface area contributed by atoms with Gasteiger partial charge in [0, 0.05) is 37.3 Å². The minimum Gasteiger partial charge on any atom is -0.481 e. The molecular formula is C18H28ClN7O2. The first-order valence-electron chi connectivity index (χ1n) is 9.48. The van der Waals surface area contributed by atoms with Crippen molar-refractivity contribution >= 4 is 30.0 Å². The molecule has 2 aliphatic heterocycles. The van der Waals surface area contributed by atoms with Crippen LogP contribution in [0.15, 0.2) is 12.1 Å². The summed E-state index contributed by atoms with van der Waals surface area (Å²) in [5, 5.41) is 22.9. The van der Waals surface area contributed by atoms with E-state index in [9.17, 15) is 5.11 Å². The van der Waals surface area contributed by atoms with E-state index in [0.717, 1.165) is 12.8 Å². The minimum absolute atomic E-state index is 0. The van der Waals surface area contributed by atoms with Crippen LogP contribution in [0.25, 0.3) is 0 Å². The molecule has 2 saturated heterocycles. The van der Waals surface area contributed by atoms with E-state index >= 15 is 0 Å². The topological polar surface area (TPSA) is 111 Å². The van der Waals surface area contributed by atoms with Crippen LogP contribution in [-0.2, 0) is 6.61 Å². The number of hydrogen-bond donors (Lipinski definition) is 4. The molecule has 28 heavy (non-hydrogen) atoms. The fourth-order valence-electron chi connectivity index (χ4n) is 4.09. The molecule has 4 heterocycles. The van der Waals surface area contributed by atoms with Crippen molar-refractivity contribution in [1.29, 1.82) is 0 Å². The van der Waals surface area contributed by atoms with E-state index in [1.54, 1.807) is 19.2 Å². The molecule has 2 aliphatic rings. The highest BCUT2D eigenvalue weighted by molar-refractivity contribution is 5.85.